The van der Waals surface area contributed by atoms with Crippen molar-refractivity contribution >= 4 is 21.6 Å². The first-order valence-electron chi connectivity index (χ1n) is 4.88. The molecule has 1 aromatic rings. The van der Waals surface area contributed by atoms with Crippen LogP contribution < -0.4 is 5.32 Å². The predicted molar refractivity (Wildman–Crippen MR) is 68.6 cm³/mol. The average Bonchev–Trinajstić information content (AvgIpc) is 2.24. The maximum Gasteiger partial charge on any atom is 0.0503 e. The fourth-order valence-corrected chi connectivity index (χ4v) is 1.45. The third-order valence-electron chi connectivity index (χ3n) is 2.06. The number of hydrogen-bond acceptors (Lipinski definition) is 2. The Bertz CT molecular complexity index is 325. The highest BCUT2D eigenvalue weighted by Gasteiger charge is 2.00. The topological polar surface area (TPSA) is 21.3 Å². The molecule has 0 aliphatic heterocycles. The number of nitrogens with one attached hydrogen (secondary N) is 1. The number of halogens is 1. The van der Waals surface area contributed by atoms with E-state index in [0.717, 1.165) is 29.7 Å². The Labute approximate surface area is 99.5 Å². The van der Waals surface area contributed by atoms with Gasteiger partial charge in [-0.2, -0.15) is 0 Å². The Morgan fingerprint density at radius 3 is 2.87 bits per heavy atom. The molecule has 1 N–H and O–H groups in total. The van der Waals surface area contributed by atoms with Crippen molar-refractivity contribution in [1.82, 2.24) is 0 Å². The molecule has 0 aromatic heterocycles. The van der Waals surface area contributed by atoms with Gasteiger partial charge in [-0.3, -0.25) is 0 Å². The van der Waals surface area contributed by atoms with Crippen molar-refractivity contribution in [3.8, 4) is 0 Å². The van der Waals surface area contributed by atoms with Crippen molar-refractivity contribution in [2.45, 2.75) is 6.42 Å². The molecular weight excluding hydrogens is 254 g/mol. The SMILES string of the molecule is C=C(Br)CNc1ccccc1CCOC. The van der Waals surface area contributed by atoms with Crippen LogP contribution in [0.4, 0.5) is 5.69 Å². The van der Waals surface area contributed by atoms with E-state index < -0.39 is 0 Å². The first-order chi connectivity index (χ1) is 7.24. The van der Waals surface area contributed by atoms with Crippen LogP contribution in [0.5, 0.6) is 0 Å². The van der Waals surface area contributed by atoms with Gasteiger partial charge in [0.15, 0.2) is 0 Å². The van der Waals surface area contributed by atoms with E-state index in [1.807, 2.05) is 12.1 Å². The van der Waals surface area contributed by atoms with E-state index in [1.54, 1.807) is 7.11 Å². The normalized spacial score (nSPS) is 10.0. The van der Waals surface area contributed by atoms with Gasteiger partial charge in [0.2, 0.25) is 0 Å². The lowest BCUT2D eigenvalue weighted by Crippen LogP contribution is -2.05. The van der Waals surface area contributed by atoms with Gasteiger partial charge >= 0.3 is 0 Å². The molecule has 2 nitrogen and oxygen atoms in total. The zero-order valence-corrected chi connectivity index (χ0v) is 10.5. The second-order valence-electron chi connectivity index (χ2n) is 3.27. The number of hydrogen-bond donors (Lipinski definition) is 1. The minimum absolute atomic E-state index is 0.740. The Balaban J connectivity index is 2.63. The Kier molecular flexibility index (Phi) is 5.43. The molecule has 0 aliphatic carbocycles. The van der Waals surface area contributed by atoms with Gasteiger partial charge in [0.25, 0.3) is 0 Å². The molecule has 0 bridgehead atoms. The molecule has 0 unspecified atom stereocenters. The van der Waals surface area contributed by atoms with Crippen LogP contribution in [-0.4, -0.2) is 20.3 Å². The molecule has 0 aliphatic rings. The van der Waals surface area contributed by atoms with Crippen LogP contribution >= 0.6 is 15.9 Å². The minimum Gasteiger partial charge on any atom is -0.384 e. The van der Waals surface area contributed by atoms with E-state index in [9.17, 15) is 0 Å². The fraction of sp³-hybridized carbons (Fsp3) is 0.333. The van der Waals surface area contributed by atoms with Crippen LogP contribution in [0.3, 0.4) is 0 Å². The van der Waals surface area contributed by atoms with E-state index >= 15 is 0 Å². The summed E-state index contributed by atoms with van der Waals surface area (Å²) in [6.07, 6.45) is 0.925. The molecule has 0 amide bonds. The summed E-state index contributed by atoms with van der Waals surface area (Å²) in [7, 11) is 1.72. The van der Waals surface area contributed by atoms with Crippen LogP contribution in [0.2, 0.25) is 0 Å². The predicted octanol–water partition coefficient (Wildman–Crippen LogP) is 3.20. The van der Waals surface area contributed by atoms with Crippen molar-refractivity contribution in [3.63, 3.8) is 0 Å². The molecule has 0 spiro atoms. The van der Waals surface area contributed by atoms with Gasteiger partial charge in [-0.25, -0.2) is 0 Å². The second-order valence-corrected chi connectivity index (χ2v) is 4.39. The zero-order chi connectivity index (χ0) is 11.1. The number of anilines is 1. The summed E-state index contributed by atoms with van der Waals surface area (Å²) in [5, 5.41) is 3.32. The van der Waals surface area contributed by atoms with Crippen molar-refractivity contribution in [2.24, 2.45) is 0 Å². The van der Waals surface area contributed by atoms with Crippen molar-refractivity contribution < 1.29 is 4.74 Å². The zero-order valence-electron chi connectivity index (χ0n) is 8.92. The Morgan fingerprint density at radius 2 is 2.20 bits per heavy atom. The largest absolute Gasteiger partial charge is 0.384 e. The molecule has 15 heavy (non-hydrogen) atoms. The van der Waals surface area contributed by atoms with Gasteiger partial charge in [0, 0.05) is 23.8 Å². The highest BCUT2D eigenvalue weighted by molar-refractivity contribution is 9.11. The molecule has 1 aromatic carbocycles. The van der Waals surface area contributed by atoms with Gasteiger partial charge in [-0.15, -0.1) is 0 Å². The van der Waals surface area contributed by atoms with Gasteiger partial charge in [-0.1, -0.05) is 40.7 Å². The lowest BCUT2D eigenvalue weighted by atomic mass is 10.1. The maximum absolute atomic E-state index is 5.07. The highest BCUT2D eigenvalue weighted by Crippen LogP contribution is 2.16. The molecule has 0 radical (unpaired) electrons. The van der Waals surface area contributed by atoms with Crippen LogP contribution in [0.1, 0.15) is 5.56 Å². The first kappa shape index (κ1) is 12.3. The summed E-state index contributed by atoms with van der Waals surface area (Å²) in [4.78, 5) is 0. The molecule has 1 rings (SSSR count). The van der Waals surface area contributed by atoms with E-state index in [0.29, 0.717) is 0 Å². The summed E-state index contributed by atoms with van der Waals surface area (Å²) >= 11 is 3.33. The van der Waals surface area contributed by atoms with E-state index in [-0.39, 0.29) is 0 Å². The average molecular weight is 270 g/mol. The van der Waals surface area contributed by atoms with E-state index in [4.69, 9.17) is 4.74 Å². The third-order valence-corrected chi connectivity index (χ3v) is 2.34. The lowest BCUT2D eigenvalue weighted by molar-refractivity contribution is 0.202. The van der Waals surface area contributed by atoms with Gasteiger partial charge in [0.1, 0.15) is 0 Å². The van der Waals surface area contributed by atoms with Crippen molar-refractivity contribution in [1.29, 1.82) is 0 Å². The smallest absolute Gasteiger partial charge is 0.0503 e. The molecule has 0 atom stereocenters. The minimum atomic E-state index is 0.740. The first-order valence-corrected chi connectivity index (χ1v) is 5.67. The van der Waals surface area contributed by atoms with Crippen molar-refractivity contribution in [3.05, 3.63) is 40.9 Å². The van der Waals surface area contributed by atoms with E-state index in [1.165, 1.54) is 5.56 Å². The molecule has 0 fully saturated rings. The molecule has 0 heterocycles. The van der Waals surface area contributed by atoms with Gasteiger partial charge < -0.3 is 10.1 Å². The van der Waals surface area contributed by atoms with Gasteiger partial charge in [-0.05, 0) is 18.1 Å². The third kappa shape index (κ3) is 4.49. The summed E-state index contributed by atoms with van der Waals surface area (Å²) < 4.78 is 6.02. The standard InChI is InChI=1S/C12H16BrNO/c1-10(13)9-14-12-6-4-3-5-11(12)7-8-15-2/h3-6,14H,1,7-9H2,2H3. The van der Waals surface area contributed by atoms with Crippen LogP contribution in [0.25, 0.3) is 0 Å². The van der Waals surface area contributed by atoms with Crippen LogP contribution in [-0.2, 0) is 11.2 Å². The summed E-state index contributed by atoms with van der Waals surface area (Å²) in [6.45, 7) is 5.28. The molecule has 0 saturated carbocycles. The second kappa shape index (κ2) is 6.64. The summed E-state index contributed by atoms with van der Waals surface area (Å²) in [5.74, 6) is 0. The Morgan fingerprint density at radius 1 is 1.47 bits per heavy atom. The quantitative estimate of drug-likeness (QED) is 0.857. The summed E-state index contributed by atoms with van der Waals surface area (Å²) in [5.41, 5.74) is 2.42. The fourth-order valence-electron chi connectivity index (χ4n) is 1.31. The van der Waals surface area contributed by atoms with E-state index in [2.05, 4.69) is 40.0 Å². The number of ether oxygens (including phenoxy) is 1. The molecule has 3 heteroatoms. The molecular formula is C12H16BrNO. The maximum atomic E-state index is 5.07. The highest BCUT2D eigenvalue weighted by atomic mass is 79.9. The monoisotopic (exact) mass is 269 g/mol. The van der Waals surface area contributed by atoms with Crippen LogP contribution in [0.15, 0.2) is 35.3 Å². The summed E-state index contributed by atoms with van der Waals surface area (Å²) in [6, 6.07) is 8.24. The molecule has 0 saturated heterocycles. The molecule has 82 valence electrons. The number of methoxy groups -OCH3 is 1. The van der Waals surface area contributed by atoms with Crippen molar-refractivity contribution in [2.75, 3.05) is 25.6 Å². The van der Waals surface area contributed by atoms with Gasteiger partial charge in [0.05, 0.1) is 6.61 Å². The Hall–Kier alpha value is -0.800. The number of rotatable bonds is 6. The lowest BCUT2D eigenvalue weighted by Gasteiger charge is -2.11. The van der Waals surface area contributed by atoms with Crippen LogP contribution in [0, 0.1) is 0 Å². The number of para-hydroxylation sites is 1. The number of benzene rings is 1.